The highest BCUT2D eigenvalue weighted by molar-refractivity contribution is 5.89. The third-order valence-electron chi connectivity index (χ3n) is 3.37. The van der Waals surface area contributed by atoms with Crippen LogP contribution < -0.4 is 10.6 Å². The summed E-state index contributed by atoms with van der Waals surface area (Å²) in [5, 5.41) is 5.63. The fourth-order valence-electron chi connectivity index (χ4n) is 2.15. The van der Waals surface area contributed by atoms with Crippen molar-refractivity contribution in [2.24, 2.45) is 0 Å². The van der Waals surface area contributed by atoms with E-state index >= 15 is 0 Å². The van der Waals surface area contributed by atoms with Gasteiger partial charge in [0, 0.05) is 25.3 Å². The number of carbonyl (C=O) groups is 1. The van der Waals surface area contributed by atoms with Crippen molar-refractivity contribution in [2.75, 3.05) is 25.0 Å². The van der Waals surface area contributed by atoms with E-state index in [-0.39, 0.29) is 17.8 Å². The molecule has 21 heavy (non-hydrogen) atoms. The molecule has 7 heteroatoms. The first-order chi connectivity index (χ1) is 9.91. The summed E-state index contributed by atoms with van der Waals surface area (Å²) in [6.07, 6.45) is -3.62. The number of anilines is 1. The molecule has 0 aromatic heterocycles. The number of hydrogen-bond donors (Lipinski definition) is 2. The number of benzene rings is 1. The molecule has 2 rings (SSSR count). The quantitative estimate of drug-likeness (QED) is 0.898. The van der Waals surface area contributed by atoms with Gasteiger partial charge in [0.05, 0.1) is 11.6 Å². The largest absolute Gasteiger partial charge is 0.416 e. The molecule has 0 bridgehead atoms. The second kappa shape index (κ2) is 6.34. The van der Waals surface area contributed by atoms with Gasteiger partial charge < -0.3 is 15.5 Å². The van der Waals surface area contributed by atoms with Crippen molar-refractivity contribution in [1.29, 1.82) is 0 Å². The van der Waals surface area contributed by atoms with E-state index in [9.17, 15) is 18.0 Å². The number of urea groups is 1. The van der Waals surface area contributed by atoms with E-state index < -0.39 is 11.7 Å². The topological polar surface area (TPSA) is 44.4 Å². The minimum atomic E-state index is -4.41. The van der Waals surface area contributed by atoms with E-state index in [2.05, 4.69) is 10.6 Å². The Hall–Kier alpha value is -1.76. The normalized spacial score (nSPS) is 15.4. The van der Waals surface area contributed by atoms with Crippen LogP contribution in [0.25, 0.3) is 0 Å². The van der Waals surface area contributed by atoms with Crippen molar-refractivity contribution in [3.8, 4) is 0 Å². The van der Waals surface area contributed by atoms with Crippen molar-refractivity contribution in [1.82, 2.24) is 10.2 Å². The average molecular weight is 301 g/mol. The Morgan fingerprint density at radius 2 is 2.14 bits per heavy atom. The molecule has 1 aromatic rings. The van der Waals surface area contributed by atoms with Crippen LogP contribution in [0.3, 0.4) is 0 Å². The lowest BCUT2D eigenvalue weighted by Gasteiger charge is -2.38. The lowest BCUT2D eigenvalue weighted by atomic mass is 10.1. The molecule has 116 valence electrons. The van der Waals surface area contributed by atoms with Crippen LogP contribution in [-0.4, -0.2) is 36.6 Å². The molecular formula is C14H18F3N3O. The number of nitrogens with zero attached hydrogens (tertiary/aromatic N) is 1. The SMILES string of the molecule is CCCN(C(=O)Nc1cccc(C(F)(F)F)c1)C1CNC1. The van der Waals surface area contributed by atoms with Crippen LogP contribution in [0.4, 0.5) is 23.7 Å². The first-order valence-corrected chi connectivity index (χ1v) is 6.87. The Morgan fingerprint density at radius 3 is 2.67 bits per heavy atom. The predicted octanol–water partition coefficient (Wildman–Crippen LogP) is 2.92. The molecule has 0 atom stereocenters. The van der Waals surface area contributed by atoms with Gasteiger partial charge in [-0.2, -0.15) is 13.2 Å². The van der Waals surface area contributed by atoms with Crippen molar-refractivity contribution in [2.45, 2.75) is 25.6 Å². The van der Waals surface area contributed by atoms with Crippen molar-refractivity contribution in [3.05, 3.63) is 29.8 Å². The van der Waals surface area contributed by atoms with Gasteiger partial charge in [0.1, 0.15) is 0 Å². The van der Waals surface area contributed by atoms with Crippen LogP contribution in [0.5, 0.6) is 0 Å². The molecule has 0 saturated carbocycles. The number of amides is 2. The first-order valence-electron chi connectivity index (χ1n) is 6.87. The van der Waals surface area contributed by atoms with Gasteiger partial charge in [0.2, 0.25) is 0 Å². The molecule has 0 spiro atoms. The Labute approximate surface area is 121 Å². The third-order valence-corrected chi connectivity index (χ3v) is 3.37. The molecule has 1 aromatic carbocycles. The van der Waals surface area contributed by atoms with Gasteiger partial charge in [-0.15, -0.1) is 0 Å². The summed E-state index contributed by atoms with van der Waals surface area (Å²) in [5.74, 6) is 0. The van der Waals surface area contributed by atoms with Crippen molar-refractivity contribution in [3.63, 3.8) is 0 Å². The smallest absolute Gasteiger partial charge is 0.319 e. The van der Waals surface area contributed by atoms with Gasteiger partial charge in [-0.1, -0.05) is 13.0 Å². The van der Waals surface area contributed by atoms with Crippen LogP contribution in [0.2, 0.25) is 0 Å². The summed E-state index contributed by atoms with van der Waals surface area (Å²) in [6.45, 7) is 3.97. The summed E-state index contributed by atoms with van der Waals surface area (Å²) in [5.41, 5.74) is -0.615. The van der Waals surface area contributed by atoms with E-state index in [1.54, 1.807) is 4.90 Å². The Morgan fingerprint density at radius 1 is 1.43 bits per heavy atom. The van der Waals surface area contributed by atoms with E-state index in [4.69, 9.17) is 0 Å². The second-order valence-corrected chi connectivity index (χ2v) is 5.01. The maximum Gasteiger partial charge on any atom is 0.416 e. The fourth-order valence-corrected chi connectivity index (χ4v) is 2.15. The Bertz CT molecular complexity index is 500. The van der Waals surface area contributed by atoms with E-state index in [1.165, 1.54) is 12.1 Å². The summed E-state index contributed by atoms with van der Waals surface area (Å²) in [7, 11) is 0. The number of alkyl halides is 3. The lowest BCUT2D eigenvalue weighted by Crippen LogP contribution is -2.59. The van der Waals surface area contributed by atoms with Crippen LogP contribution in [0, 0.1) is 0 Å². The molecule has 2 N–H and O–H groups in total. The molecule has 1 aliphatic heterocycles. The van der Waals surface area contributed by atoms with Crippen molar-refractivity contribution >= 4 is 11.7 Å². The third kappa shape index (κ3) is 3.87. The van der Waals surface area contributed by atoms with Gasteiger partial charge >= 0.3 is 12.2 Å². The molecule has 1 heterocycles. The zero-order chi connectivity index (χ0) is 15.5. The van der Waals surface area contributed by atoms with Gasteiger partial charge in [0.25, 0.3) is 0 Å². The average Bonchev–Trinajstić information content (AvgIpc) is 2.35. The maximum absolute atomic E-state index is 12.6. The molecule has 4 nitrogen and oxygen atoms in total. The highest BCUT2D eigenvalue weighted by Gasteiger charge is 2.31. The van der Waals surface area contributed by atoms with Crippen LogP contribution in [-0.2, 0) is 6.18 Å². The van der Waals surface area contributed by atoms with Crippen LogP contribution >= 0.6 is 0 Å². The summed E-state index contributed by atoms with van der Waals surface area (Å²) in [6, 6.07) is 4.42. The molecule has 1 aliphatic rings. The number of hydrogen-bond acceptors (Lipinski definition) is 2. The van der Waals surface area contributed by atoms with E-state index in [0.29, 0.717) is 6.54 Å². The first kappa shape index (κ1) is 15.6. The highest BCUT2D eigenvalue weighted by Crippen LogP contribution is 2.30. The molecule has 1 saturated heterocycles. The summed E-state index contributed by atoms with van der Waals surface area (Å²) in [4.78, 5) is 13.9. The maximum atomic E-state index is 12.6. The molecule has 0 aliphatic carbocycles. The predicted molar refractivity (Wildman–Crippen MR) is 74.1 cm³/mol. The van der Waals surface area contributed by atoms with E-state index in [1.807, 2.05) is 6.92 Å². The van der Waals surface area contributed by atoms with Gasteiger partial charge in [-0.05, 0) is 24.6 Å². The number of carbonyl (C=O) groups excluding carboxylic acids is 1. The van der Waals surface area contributed by atoms with Gasteiger partial charge in [-0.3, -0.25) is 0 Å². The van der Waals surface area contributed by atoms with Gasteiger partial charge in [-0.25, -0.2) is 4.79 Å². The molecule has 1 fully saturated rings. The van der Waals surface area contributed by atoms with Crippen LogP contribution in [0.1, 0.15) is 18.9 Å². The van der Waals surface area contributed by atoms with Gasteiger partial charge in [0.15, 0.2) is 0 Å². The highest BCUT2D eigenvalue weighted by atomic mass is 19.4. The number of rotatable bonds is 4. The van der Waals surface area contributed by atoms with Crippen molar-refractivity contribution < 1.29 is 18.0 Å². The zero-order valence-corrected chi connectivity index (χ0v) is 11.7. The number of nitrogens with one attached hydrogen (secondary N) is 2. The monoisotopic (exact) mass is 301 g/mol. The molecule has 2 amide bonds. The Kier molecular flexibility index (Phi) is 4.72. The molecule has 0 radical (unpaired) electrons. The number of halogens is 3. The lowest BCUT2D eigenvalue weighted by molar-refractivity contribution is -0.137. The molecular weight excluding hydrogens is 283 g/mol. The Balaban J connectivity index is 2.07. The second-order valence-electron chi connectivity index (χ2n) is 5.01. The minimum absolute atomic E-state index is 0.107. The minimum Gasteiger partial charge on any atom is -0.319 e. The van der Waals surface area contributed by atoms with E-state index in [0.717, 1.165) is 31.6 Å². The standard InChI is InChI=1S/C14H18F3N3O/c1-2-6-20(12-8-18-9-12)13(21)19-11-5-3-4-10(7-11)14(15,16)17/h3-5,7,12,18H,2,6,8-9H2,1H3,(H,19,21). The zero-order valence-electron chi connectivity index (χ0n) is 11.7. The summed E-state index contributed by atoms with van der Waals surface area (Å²) < 4.78 is 37.9. The fraction of sp³-hybridized carbons (Fsp3) is 0.500. The molecule has 0 unspecified atom stereocenters. The van der Waals surface area contributed by atoms with Crippen LogP contribution in [0.15, 0.2) is 24.3 Å². The summed E-state index contributed by atoms with van der Waals surface area (Å²) >= 11 is 0.